The van der Waals surface area contributed by atoms with E-state index in [2.05, 4.69) is 9.88 Å². The Morgan fingerprint density at radius 2 is 1.91 bits per heavy atom. The highest BCUT2D eigenvalue weighted by Crippen LogP contribution is 2.35. The van der Waals surface area contributed by atoms with Crippen LogP contribution in [-0.4, -0.2) is 46.0 Å². The minimum atomic E-state index is -3.58. The van der Waals surface area contributed by atoms with Crippen molar-refractivity contribution in [2.75, 3.05) is 32.2 Å². The van der Waals surface area contributed by atoms with Crippen LogP contribution in [0.3, 0.4) is 0 Å². The Morgan fingerprint density at radius 1 is 1.15 bits per heavy atom. The van der Waals surface area contributed by atoms with Gasteiger partial charge < -0.3 is 14.4 Å². The molecule has 4 rings (SSSR count). The van der Waals surface area contributed by atoms with Crippen molar-refractivity contribution >= 4 is 37.9 Å². The molecule has 1 aliphatic rings. The lowest BCUT2D eigenvalue weighted by atomic mass is 10.1. The van der Waals surface area contributed by atoms with Crippen LogP contribution in [0.5, 0.6) is 11.5 Å². The van der Waals surface area contributed by atoms with Gasteiger partial charge in [-0.1, -0.05) is 11.6 Å². The van der Waals surface area contributed by atoms with E-state index in [1.165, 1.54) is 43.8 Å². The zero-order valence-corrected chi connectivity index (χ0v) is 20.6. The molecule has 0 N–H and O–H groups in total. The van der Waals surface area contributed by atoms with Crippen LogP contribution in [0.4, 0.5) is 9.52 Å². The first-order valence-corrected chi connectivity index (χ1v) is 13.2. The number of nitrogens with zero attached hydrogens (tertiary/aromatic N) is 2. The summed E-state index contributed by atoms with van der Waals surface area (Å²) in [5.74, 6) is 0.422. The maximum atomic E-state index is 13.6. The number of aromatic nitrogens is 1. The molecule has 0 bridgehead atoms. The summed E-state index contributed by atoms with van der Waals surface area (Å²) in [4.78, 5) is 6.94. The Morgan fingerprint density at radius 3 is 2.58 bits per heavy atom. The van der Waals surface area contributed by atoms with Crippen molar-refractivity contribution in [2.45, 2.75) is 29.4 Å². The van der Waals surface area contributed by atoms with Gasteiger partial charge in [0.1, 0.15) is 22.2 Å². The second-order valence-corrected chi connectivity index (χ2v) is 11.3. The van der Waals surface area contributed by atoms with Crippen LogP contribution in [0.25, 0.3) is 0 Å². The van der Waals surface area contributed by atoms with Gasteiger partial charge in [0.2, 0.25) is 0 Å². The zero-order valence-electron chi connectivity index (χ0n) is 18.3. The van der Waals surface area contributed by atoms with Gasteiger partial charge in [-0.05, 0) is 48.7 Å². The molecule has 176 valence electrons. The molecule has 0 spiro atoms. The smallest absolute Gasteiger partial charge is 0.185 e. The Balaban J connectivity index is 1.44. The standard InChI is InChI=1S/C23H24ClFN2O4S2/c1-30-19-3-4-21(31-2)22(13-19)33(28,29)20-5-7-27(8-6-20)23-26-18(14-32-23)11-15-9-16(24)12-17(25)10-15/h3-4,9-10,12-14,20H,5-8,11H2,1-2H3. The molecule has 0 amide bonds. The molecular weight excluding hydrogens is 487 g/mol. The van der Waals surface area contributed by atoms with Gasteiger partial charge in [-0.25, -0.2) is 17.8 Å². The molecule has 1 fully saturated rings. The Hall–Kier alpha value is -2.36. The Labute approximate surface area is 201 Å². The third-order valence-corrected chi connectivity index (χ3v) is 9.13. The van der Waals surface area contributed by atoms with E-state index in [0.717, 1.165) is 16.4 Å². The van der Waals surface area contributed by atoms with E-state index in [0.29, 0.717) is 48.9 Å². The molecule has 0 atom stereocenters. The van der Waals surface area contributed by atoms with Crippen LogP contribution in [0.2, 0.25) is 5.02 Å². The number of methoxy groups -OCH3 is 2. The van der Waals surface area contributed by atoms with Crippen LogP contribution in [-0.2, 0) is 16.3 Å². The fraction of sp³-hybridized carbons (Fsp3) is 0.348. The summed E-state index contributed by atoms with van der Waals surface area (Å²) in [5, 5.41) is 2.63. The maximum Gasteiger partial charge on any atom is 0.185 e. The number of rotatable bonds is 7. The first-order valence-electron chi connectivity index (χ1n) is 10.4. The third kappa shape index (κ3) is 5.26. The first-order chi connectivity index (χ1) is 15.8. The van der Waals surface area contributed by atoms with Gasteiger partial charge in [-0.2, -0.15) is 0 Å². The van der Waals surface area contributed by atoms with Crippen molar-refractivity contribution in [3.05, 3.63) is 63.9 Å². The highest BCUT2D eigenvalue weighted by Gasteiger charge is 2.34. The van der Waals surface area contributed by atoms with Crippen molar-refractivity contribution in [2.24, 2.45) is 0 Å². The van der Waals surface area contributed by atoms with Crippen molar-refractivity contribution in [1.29, 1.82) is 0 Å². The van der Waals surface area contributed by atoms with E-state index in [1.54, 1.807) is 18.2 Å². The summed E-state index contributed by atoms with van der Waals surface area (Å²) in [6, 6.07) is 9.27. The van der Waals surface area contributed by atoms with Gasteiger partial charge in [0, 0.05) is 36.0 Å². The average Bonchev–Trinajstić information content (AvgIpc) is 3.26. The number of hydrogen-bond acceptors (Lipinski definition) is 7. The van der Waals surface area contributed by atoms with Crippen molar-refractivity contribution < 1.29 is 22.3 Å². The predicted octanol–water partition coefficient (Wildman–Crippen LogP) is 4.99. The molecule has 3 aromatic rings. The molecule has 0 aliphatic carbocycles. The van der Waals surface area contributed by atoms with Crippen LogP contribution in [0.15, 0.2) is 46.7 Å². The van der Waals surface area contributed by atoms with Gasteiger partial charge in [-0.3, -0.25) is 0 Å². The van der Waals surface area contributed by atoms with Crippen molar-refractivity contribution in [3.63, 3.8) is 0 Å². The van der Waals surface area contributed by atoms with E-state index >= 15 is 0 Å². The highest BCUT2D eigenvalue weighted by molar-refractivity contribution is 7.92. The number of sulfone groups is 1. The van der Waals surface area contributed by atoms with Crippen molar-refractivity contribution in [1.82, 2.24) is 4.98 Å². The van der Waals surface area contributed by atoms with Gasteiger partial charge in [0.25, 0.3) is 0 Å². The van der Waals surface area contributed by atoms with Crippen LogP contribution in [0.1, 0.15) is 24.1 Å². The Kier molecular flexibility index (Phi) is 7.11. The minimum absolute atomic E-state index is 0.160. The molecule has 1 aromatic heterocycles. The molecule has 0 radical (unpaired) electrons. The minimum Gasteiger partial charge on any atom is -0.497 e. The van der Waals surface area contributed by atoms with E-state index in [-0.39, 0.29) is 10.7 Å². The molecular formula is C23H24ClFN2O4S2. The summed E-state index contributed by atoms with van der Waals surface area (Å²) in [5.41, 5.74) is 1.58. The number of benzene rings is 2. The SMILES string of the molecule is COc1ccc(OC)c(S(=O)(=O)C2CCN(c3nc(Cc4cc(F)cc(Cl)c4)cs3)CC2)c1. The Bertz CT molecular complexity index is 1220. The summed E-state index contributed by atoms with van der Waals surface area (Å²) in [6.07, 6.45) is 1.45. The number of anilines is 1. The van der Waals surface area contributed by atoms with Gasteiger partial charge >= 0.3 is 0 Å². The van der Waals surface area contributed by atoms with Crippen molar-refractivity contribution in [3.8, 4) is 11.5 Å². The topological polar surface area (TPSA) is 68.7 Å². The third-order valence-electron chi connectivity index (χ3n) is 5.68. The lowest BCUT2D eigenvalue weighted by Crippen LogP contribution is -2.39. The molecule has 2 aromatic carbocycles. The molecule has 1 aliphatic heterocycles. The lowest BCUT2D eigenvalue weighted by molar-refractivity contribution is 0.391. The molecule has 6 nitrogen and oxygen atoms in total. The largest absolute Gasteiger partial charge is 0.497 e. The molecule has 0 saturated carbocycles. The maximum absolute atomic E-state index is 13.6. The van der Waals surface area contributed by atoms with Crippen LogP contribution in [0, 0.1) is 5.82 Å². The van der Waals surface area contributed by atoms with E-state index < -0.39 is 15.1 Å². The number of thiazole rings is 1. The van der Waals surface area contributed by atoms with Gasteiger partial charge in [0.05, 0.1) is 25.2 Å². The van der Waals surface area contributed by atoms with E-state index in [9.17, 15) is 12.8 Å². The quantitative estimate of drug-likeness (QED) is 0.446. The zero-order chi connectivity index (χ0) is 23.6. The van der Waals surface area contributed by atoms with Crippen LogP contribution >= 0.6 is 22.9 Å². The van der Waals surface area contributed by atoms with E-state index in [4.69, 9.17) is 21.1 Å². The number of piperidine rings is 1. The normalized spacial score (nSPS) is 15.0. The molecule has 10 heteroatoms. The van der Waals surface area contributed by atoms with Gasteiger partial charge in [0.15, 0.2) is 15.0 Å². The number of ether oxygens (including phenoxy) is 2. The molecule has 2 heterocycles. The molecule has 0 unspecified atom stereocenters. The summed E-state index contributed by atoms with van der Waals surface area (Å²) in [6.45, 7) is 1.16. The summed E-state index contributed by atoms with van der Waals surface area (Å²) in [7, 11) is -0.622. The monoisotopic (exact) mass is 510 g/mol. The predicted molar refractivity (Wildman–Crippen MR) is 128 cm³/mol. The summed E-state index contributed by atoms with van der Waals surface area (Å²) < 4.78 is 50.8. The average molecular weight is 511 g/mol. The fourth-order valence-corrected chi connectivity index (χ4v) is 7.01. The van der Waals surface area contributed by atoms with E-state index in [1.807, 2.05) is 5.38 Å². The highest BCUT2D eigenvalue weighted by atomic mass is 35.5. The van der Waals surface area contributed by atoms with Gasteiger partial charge in [-0.15, -0.1) is 11.3 Å². The second kappa shape index (κ2) is 9.87. The lowest BCUT2D eigenvalue weighted by Gasteiger charge is -2.31. The fourth-order valence-electron chi connectivity index (χ4n) is 3.99. The number of hydrogen-bond donors (Lipinski definition) is 0. The second-order valence-electron chi connectivity index (χ2n) is 7.82. The molecule has 33 heavy (non-hydrogen) atoms. The first kappa shape index (κ1) is 23.8. The number of halogens is 2. The van der Waals surface area contributed by atoms with Crippen LogP contribution < -0.4 is 14.4 Å². The molecule has 1 saturated heterocycles. The summed E-state index contributed by atoms with van der Waals surface area (Å²) >= 11 is 7.45.